The van der Waals surface area contributed by atoms with Gasteiger partial charge in [-0.05, 0) is 18.1 Å². The molecule has 0 fully saturated rings. The predicted molar refractivity (Wildman–Crippen MR) is 60.4 cm³/mol. The summed E-state index contributed by atoms with van der Waals surface area (Å²) in [5.74, 6) is 0.502. The molecule has 0 atom stereocenters. The van der Waals surface area contributed by atoms with Crippen LogP contribution in [-0.2, 0) is 11.0 Å². The van der Waals surface area contributed by atoms with E-state index in [1.165, 1.54) is 0 Å². The molecule has 0 N–H and O–H groups in total. The third kappa shape index (κ3) is 3.91. The van der Waals surface area contributed by atoms with E-state index in [-0.39, 0.29) is 0 Å². The first-order valence-corrected chi connectivity index (χ1v) is 7.73. The number of hydrogen-bond donors (Lipinski definition) is 0. The largest absolute Gasteiger partial charge is 0.428 e. The van der Waals surface area contributed by atoms with Crippen molar-refractivity contribution in [3.05, 3.63) is 29.8 Å². The van der Waals surface area contributed by atoms with Gasteiger partial charge in [-0.3, -0.25) is 0 Å². The Labute approximate surface area is 93.2 Å². The van der Waals surface area contributed by atoms with E-state index in [1.807, 2.05) is 12.1 Å². The van der Waals surface area contributed by atoms with Crippen molar-refractivity contribution in [2.24, 2.45) is 0 Å². The minimum Gasteiger partial charge on any atom is -0.422 e. The van der Waals surface area contributed by atoms with Crippen molar-refractivity contribution in [1.82, 2.24) is 0 Å². The van der Waals surface area contributed by atoms with Gasteiger partial charge in [0.1, 0.15) is 5.75 Å². The number of para-hydroxylation sites is 1. The molecule has 0 radical (unpaired) electrons. The Morgan fingerprint density at radius 2 is 2.00 bits per heavy atom. The Bertz CT molecular complexity index is 348. The fourth-order valence-electron chi connectivity index (χ4n) is 1.18. The van der Waals surface area contributed by atoms with Gasteiger partial charge < -0.3 is 4.52 Å². The summed E-state index contributed by atoms with van der Waals surface area (Å²) in [5, 5.41) is 0. The molecule has 0 aromatic heterocycles. The van der Waals surface area contributed by atoms with Crippen LogP contribution in [0.25, 0.3) is 0 Å². The molecular weight excluding hydrogens is 242 g/mol. The first-order chi connectivity index (χ1) is 6.53. The fourth-order valence-corrected chi connectivity index (χ4v) is 2.04. The summed E-state index contributed by atoms with van der Waals surface area (Å²) < 4.78 is 16.0. The Balaban J connectivity index is 2.90. The molecule has 0 bridgehead atoms. The highest BCUT2D eigenvalue weighted by atomic mass is 35.9. The second-order valence-electron chi connectivity index (χ2n) is 2.86. The van der Waals surface area contributed by atoms with E-state index in [4.69, 9.17) is 27.0 Å². The zero-order valence-corrected chi connectivity index (χ0v) is 10.1. The number of halogens is 2. The van der Waals surface area contributed by atoms with E-state index in [2.05, 4.69) is 6.92 Å². The van der Waals surface area contributed by atoms with E-state index in [0.717, 1.165) is 18.4 Å². The molecule has 14 heavy (non-hydrogen) atoms. The predicted octanol–water partition coefficient (Wildman–Crippen LogP) is 4.60. The van der Waals surface area contributed by atoms with Crippen LogP contribution in [0.1, 0.15) is 18.9 Å². The van der Waals surface area contributed by atoms with Gasteiger partial charge in [0.05, 0.1) is 0 Å². The van der Waals surface area contributed by atoms with Crippen molar-refractivity contribution in [1.29, 1.82) is 0 Å². The Morgan fingerprint density at radius 1 is 1.36 bits per heavy atom. The lowest BCUT2D eigenvalue weighted by Crippen LogP contribution is -1.90. The second-order valence-corrected chi connectivity index (χ2v) is 7.06. The zero-order chi connectivity index (χ0) is 10.6. The van der Waals surface area contributed by atoms with Gasteiger partial charge in [0.25, 0.3) is 0 Å². The van der Waals surface area contributed by atoms with Crippen molar-refractivity contribution in [2.45, 2.75) is 19.8 Å². The quantitative estimate of drug-likeness (QED) is 0.732. The maximum Gasteiger partial charge on any atom is 0.428 e. The number of benzene rings is 1. The van der Waals surface area contributed by atoms with E-state index in [9.17, 15) is 4.57 Å². The van der Waals surface area contributed by atoms with Crippen LogP contribution in [0.15, 0.2) is 24.3 Å². The van der Waals surface area contributed by atoms with Gasteiger partial charge in [-0.1, -0.05) is 31.5 Å². The third-order valence-electron chi connectivity index (χ3n) is 1.70. The molecule has 0 saturated carbocycles. The van der Waals surface area contributed by atoms with Crippen molar-refractivity contribution in [2.75, 3.05) is 0 Å². The maximum absolute atomic E-state index is 11.0. The van der Waals surface area contributed by atoms with Gasteiger partial charge >= 0.3 is 6.07 Å². The summed E-state index contributed by atoms with van der Waals surface area (Å²) in [4.78, 5) is 0. The highest BCUT2D eigenvalue weighted by molar-refractivity contribution is 8.05. The maximum atomic E-state index is 11.0. The van der Waals surface area contributed by atoms with Crippen molar-refractivity contribution in [3.63, 3.8) is 0 Å². The number of aryl methyl sites for hydroxylation is 1. The van der Waals surface area contributed by atoms with Crippen LogP contribution in [-0.4, -0.2) is 0 Å². The second kappa shape index (κ2) is 5.06. The number of hydrogen-bond acceptors (Lipinski definition) is 2. The molecule has 5 heteroatoms. The minimum absolute atomic E-state index is 0.502. The van der Waals surface area contributed by atoms with Gasteiger partial charge in [-0.2, -0.15) is 0 Å². The zero-order valence-electron chi connectivity index (χ0n) is 7.74. The number of rotatable bonds is 4. The summed E-state index contributed by atoms with van der Waals surface area (Å²) >= 11 is 10.7. The van der Waals surface area contributed by atoms with Crippen molar-refractivity contribution >= 4 is 28.6 Å². The first kappa shape index (κ1) is 11.9. The third-order valence-corrected chi connectivity index (χ3v) is 2.52. The topological polar surface area (TPSA) is 26.3 Å². The van der Waals surface area contributed by atoms with Crippen LogP contribution in [0, 0.1) is 0 Å². The Morgan fingerprint density at radius 3 is 2.57 bits per heavy atom. The Hall–Kier alpha value is -0.170. The van der Waals surface area contributed by atoms with E-state index in [1.54, 1.807) is 12.1 Å². The molecule has 0 saturated heterocycles. The van der Waals surface area contributed by atoms with Crippen LogP contribution in [0.2, 0.25) is 0 Å². The van der Waals surface area contributed by atoms with Gasteiger partial charge in [-0.15, -0.1) is 0 Å². The van der Waals surface area contributed by atoms with Gasteiger partial charge in [0, 0.05) is 22.5 Å². The smallest absolute Gasteiger partial charge is 0.422 e. The highest BCUT2D eigenvalue weighted by Gasteiger charge is 2.17. The van der Waals surface area contributed by atoms with Crippen molar-refractivity contribution < 1.29 is 9.09 Å². The molecule has 78 valence electrons. The molecule has 0 unspecified atom stereocenters. The van der Waals surface area contributed by atoms with Crippen molar-refractivity contribution in [3.8, 4) is 5.75 Å². The highest BCUT2D eigenvalue weighted by Crippen LogP contribution is 2.57. The minimum atomic E-state index is -3.49. The molecule has 0 aliphatic rings. The molecule has 0 aliphatic carbocycles. The lowest BCUT2D eigenvalue weighted by molar-refractivity contribution is 0.509. The molecule has 2 nitrogen and oxygen atoms in total. The molecule has 1 rings (SSSR count). The van der Waals surface area contributed by atoms with Crippen LogP contribution >= 0.6 is 28.6 Å². The summed E-state index contributed by atoms with van der Waals surface area (Å²) in [6, 6.07) is 7.30. The van der Waals surface area contributed by atoms with Crippen LogP contribution in [0.5, 0.6) is 5.75 Å². The van der Waals surface area contributed by atoms with E-state index in [0.29, 0.717) is 5.75 Å². The molecule has 0 spiro atoms. The SMILES string of the molecule is CCCc1ccccc1OP(=O)(Cl)Cl. The Kier molecular flexibility index (Phi) is 4.31. The molecule has 0 amide bonds. The summed E-state index contributed by atoms with van der Waals surface area (Å²) in [6.45, 7) is 2.05. The standard InChI is InChI=1S/C9H11Cl2O2P/c1-2-5-8-6-3-4-7-9(8)13-14(10,11)12/h3-4,6-7H,2,5H2,1H3. The summed E-state index contributed by atoms with van der Waals surface area (Å²) in [6.07, 6.45) is -1.66. The van der Waals surface area contributed by atoms with Crippen LogP contribution in [0.4, 0.5) is 0 Å². The lowest BCUT2D eigenvalue weighted by Gasteiger charge is -2.10. The van der Waals surface area contributed by atoms with Gasteiger partial charge in [-0.25, -0.2) is 4.57 Å². The molecule has 1 aromatic rings. The average molecular weight is 253 g/mol. The van der Waals surface area contributed by atoms with Crippen LogP contribution in [0.3, 0.4) is 0 Å². The average Bonchev–Trinajstić information content (AvgIpc) is 2.06. The molecular formula is C9H11Cl2O2P. The van der Waals surface area contributed by atoms with Gasteiger partial charge in [0.15, 0.2) is 0 Å². The molecule has 0 aliphatic heterocycles. The van der Waals surface area contributed by atoms with Gasteiger partial charge in [0.2, 0.25) is 0 Å². The molecule has 1 aromatic carbocycles. The van der Waals surface area contributed by atoms with E-state index < -0.39 is 6.07 Å². The summed E-state index contributed by atoms with van der Waals surface area (Å²) in [5.41, 5.74) is 0.969. The molecule has 0 heterocycles. The monoisotopic (exact) mass is 252 g/mol. The van der Waals surface area contributed by atoms with E-state index >= 15 is 0 Å². The lowest BCUT2D eigenvalue weighted by atomic mass is 10.1. The fraction of sp³-hybridized carbons (Fsp3) is 0.333. The normalized spacial score (nSPS) is 11.4. The first-order valence-electron chi connectivity index (χ1n) is 4.30. The summed E-state index contributed by atoms with van der Waals surface area (Å²) in [7, 11) is 0. The van der Waals surface area contributed by atoms with Crippen LogP contribution < -0.4 is 4.52 Å².